The smallest absolute Gasteiger partial charge is 0.221 e. The van der Waals surface area contributed by atoms with E-state index in [1.807, 2.05) is 28.2 Å². The zero-order valence-corrected chi connectivity index (χ0v) is 14.2. The van der Waals surface area contributed by atoms with E-state index in [9.17, 15) is 4.79 Å². The van der Waals surface area contributed by atoms with E-state index in [-0.39, 0.29) is 11.9 Å². The highest BCUT2D eigenvalue weighted by molar-refractivity contribution is 5.76. The summed E-state index contributed by atoms with van der Waals surface area (Å²) in [5.41, 5.74) is 0. The van der Waals surface area contributed by atoms with Gasteiger partial charge in [0.25, 0.3) is 0 Å². The van der Waals surface area contributed by atoms with Gasteiger partial charge in [0.05, 0.1) is 0 Å². The Morgan fingerprint density at radius 1 is 0.857 bits per heavy atom. The lowest BCUT2D eigenvalue weighted by Gasteiger charge is -2.19. The molecule has 1 amide bonds. The van der Waals surface area contributed by atoms with E-state index in [0.29, 0.717) is 19.0 Å². The van der Waals surface area contributed by atoms with Crippen LogP contribution in [0.2, 0.25) is 0 Å². The first-order valence-corrected chi connectivity index (χ1v) is 8.08. The monoisotopic (exact) mass is 301 g/mol. The fourth-order valence-corrected chi connectivity index (χ4v) is 2.28. The summed E-state index contributed by atoms with van der Waals surface area (Å²) in [6.45, 7) is 2.71. The number of hydrogen-bond acceptors (Lipinski definition) is 5. The quantitative estimate of drug-likeness (QED) is 0.284. The third kappa shape index (κ3) is 11.6. The van der Waals surface area contributed by atoms with E-state index >= 15 is 0 Å². The van der Waals surface area contributed by atoms with Crippen molar-refractivity contribution in [2.75, 3.05) is 47.8 Å². The van der Waals surface area contributed by atoms with Crippen molar-refractivity contribution >= 4 is 5.91 Å². The Balaban J connectivity index is 3.87. The second-order valence-corrected chi connectivity index (χ2v) is 5.47. The average Bonchev–Trinajstić information content (AvgIpc) is 2.49. The first-order chi connectivity index (χ1) is 10.2. The fourth-order valence-electron chi connectivity index (χ4n) is 2.28. The van der Waals surface area contributed by atoms with E-state index in [4.69, 9.17) is 0 Å². The van der Waals surface area contributed by atoms with Crippen molar-refractivity contribution < 1.29 is 4.79 Å². The van der Waals surface area contributed by atoms with Gasteiger partial charge in [0.2, 0.25) is 5.91 Å². The maximum absolute atomic E-state index is 12.0. The zero-order chi connectivity index (χ0) is 15.9. The van der Waals surface area contributed by atoms with Gasteiger partial charge < -0.3 is 26.6 Å². The maximum Gasteiger partial charge on any atom is 0.221 e. The highest BCUT2D eigenvalue weighted by Gasteiger charge is 2.13. The van der Waals surface area contributed by atoms with Crippen LogP contribution in [-0.2, 0) is 4.79 Å². The number of rotatable bonds is 14. The molecule has 2 atom stereocenters. The lowest BCUT2D eigenvalue weighted by molar-refractivity contribution is -0.121. The predicted molar refractivity (Wildman–Crippen MR) is 89.6 cm³/mol. The van der Waals surface area contributed by atoms with Crippen LogP contribution in [0.1, 0.15) is 32.1 Å². The van der Waals surface area contributed by atoms with E-state index in [2.05, 4.69) is 26.6 Å². The van der Waals surface area contributed by atoms with Gasteiger partial charge in [0, 0.05) is 25.0 Å². The topological polar surface area (TPSA) is 77.2 Å². The molecule has 0 saturated carbocycles. The molecule has 0 fully saturated rings. The second-order valence-electron chi connectivity index (χ2n) is 5.47. The predicted octanol–water partition coefficient (Wildman–Crippen LogP) is -0.332. The first kappa shape index (κ1) is 20.3. The van der Waals surface area contributed by atoms with Crippen molar-refractivity contribution in [2.24, 2.45) is 0 Å². The van der Waals surface area contributed by atoms with Crippen LogP contribution in [0, 0.1) is 0 Å². The standard InChI is InChI=1S/C15H35N5O/c1-16-9-5-7-13(18-3)11-15(21)20-12-14(19-4)8-6-10-17-2/h13-14,16-19H,5-12H2,1-4H3,(H,20,21)/t13-,14-/m0/s1. The van der Waals surface area contributed by atoms with Gasteiger partial charge in [-0.1, -0.05) is 0 Å². The summed E-state index contributed by atoms with van der Waals surface area (Å²) in [7, 11) is 7.78. The Bertz CT molecular complexity index is 250. The zero-order valence-electron chi connectivity index (χ0n) is 14.2. The van der Waals surface area contributed by atoms with Gasteiger partial charge in [0.15, 0.2) is 0 Å². The molecule has 0 aromatic heterocycles. The maximum atomic E-state index is 12.0. The van der Waals surface area contributed by atoms with E-state index < -0.39 is 0 Å². The summed E-state index contributed by atoms with van der Waals surface area (Å²) in [6, 6.07) is 0.607. The van der Waals surface area contributed by atoms with Crippen LogP contribution < -0.4 is 26.6 Å². The molecule has 0 radical (unpaired) electrons. The average molecular weight is 301 g/mol. The molecule has 0 aliphatic rings. The van der Waals surface area contributed by atoms with Crippen molar-refractivity contribution in [3.8, 4) is 0 Å². The summed E-state index contributed by atoms with van der Waals surface area (Å²) in [5, 5.41) is 15.8. The molecule has 0 aromatic rings. The van der Waals surface area contributed by atoms with Crippen LogP contribution >= 0.6 is 0 Å². The molecule has 0 aromatic carbocycles. The normalized spacial score (nSPS) is 13.9. The van der Waals surface area contributed by atoms with E-state index in [1.165, 1.54) is 0 Å². The highest BCUT2D eigenvalue weighted by atomic mass is 16.1. The number of amides is 1. The fraction of sp³-hybridized carbons (Fsp3) is 0.933. The van der Waals surface area contributed by atoms with Crippen molar-refractivity contribution in [1.29, 1.82) is 0 Å². The minimum atomic E-state index is 0.132. The van der Waals surface area contributed by atoms with Crippen molar-refractivity contribution in [3.05, 3.63) is 0 Å². The van der Waals surface area contributed by atoms with Gasteiger partial charge in [-0.3, -0.25) is 4.79 Å². The second kappa shape index (κ2) is 14.3. The van der Waals surface area contributed by atoms with Crippen molar-refractivity contribution in [1.82, 2.24) is 26.6 Å². The van der Waals surface area contributed by atoms with Crippen LogP contribution in [0.5, 0.6) is 0 Å². The molecule has 0 bridgehead atoms. The number of hydrogen-bond donors (Lipinski definition) is 5. The molecule has 0 spiro atoms. The van der Waals surface area contributed by atoms with Gasteiger partial charge in [0.1, 0.15) is 0 Å². The Kier molecular flexibility index (Phi) is 13.8. The Morgan fingerprint density at radius 3 is 1.86 bits per heavy atom. The number of carbonyl (C=O) groups excluding carboxylic acids is 1. The number of carbonyl (C=O) groups is 1. The minimum absolute atomic E-state index is 0.132. The van der Waals surface area contributed by atoms with Crippen molar-refractivity contribution in [3.63, 3.8) is 0 Å². The number of nitrogens with one attached hydrogen (secondary N) is 5. The molecular formula is C15H35N5O. The van der Waals surface area contributed by atoms with Crippen LogP contribution in [-0.4, -0.2) is 65.8 Å². The summed E-state index contributed by atoms with van der Waals surface area (Å²) in [5.74, 6) is 0.132. The molecule has 0 saturated heterocycles. The van der Waals surface area contributed by atoms with Gasteiger partial charge in [-0.15, -0.1) is 0 Å². The largest absolute Gasteiger partial charge is 0.354 e. The molecule has 0 unspecified atom stereocenters. The molecule has 6 nitrogen and oxygen atoms in total. The van der Waals surface area contributed by atoms with Crippen LogP contribution in [0.15, 0.2) is 0 Å². The van der Waals surface area contributed by atoms with E-state index in [0.717, 1.165) is 38.8 Å². The van der Waals surface area contributed by atoms with Gasteiger partial charge in [-0.05, 0) is 67.0 Å². The SMILES string of the molecule is CNCCC[C@@H](CNC(=O)C[C@H](CCCNC)NC)NC. The van der Waals surface area contributed by atoms with Crippen LogP contribution in [0.25, 0.3) is 0 Å². The van der Waals surface area contributed by atoms with Crippen molar-refractivity contribution in [2.45, 2.75) is 44.2 Å². The molecule has 6 heteroatoms. The summed E-state index contributed by atoms with van der Waals surface area (Å²) in [4.78, 5) is 12.0. The molecule has 0 heterocycles. The number of likely N-dealkylation sites (N-methyl/N-ethyl adjacent to an activating group) is 1. The minimum Gasteiger partial charge on any atom is -0.354 e. The summed E-state index contributed by atoms with van der Waals surface area (Å²) >= 11 is 0. The molecule has 0 aliphatic heterocycles. The summed E-state index contributed by atoms with van der Waals surface area (Å²) in [6.07, 6.45) is 4.82. The van der Waals surface area contributed by atoms with Crippen LogP contribution in [0.3, 0.4) is 0 Å². The molecule has 0 aliphatic carbocycles. The molecule has 0 rings (SSSR count). The lowest BCUT2D eigenvalue weighted by Crippen LogP contribution is -2.41. The van der Waals surface area contributed by atoms with Gasteiger partial charge in [-0.25, -0.2) is 0 Å². The first-order valence-electron chi connectivity index (χ1n) is 8.08. The highest BCUT2D eigenvalue weighted by Crippen LogP contribution is 2.01. The third-order valence-corrected chi connectivity index (χ3v) is 3.75. The Morgan fingerprint density at radius 2 is 1.38 bits per heavy atom. The third-order valence-electron chi connectivity index (χ3n) is 3.75. The Labute approximate surface area is 130 Å². The van der Waals surface area contributed by atoms with Gasteiger partial charge >= 0.3 is 0 Å². The molecule has 126 valence electrons. The molecular weight excluding hydrogens is 266 g/mol. The van der Waals surface area contributed by atoms with E-state index in [1.54, 1.807) is 0 Å². The van der Waals surface area contributed by atoms with Crippen LogP contribution in [0.4, 0.5) is 0 Å². The lowest BCUT2D eigenvalue weighted by atomic mass is 10.1. The van der Waals surface area contributed by atoms with Gasteiger partial charge in [-0.2, -0.15) is 0 Å². The molecule has 5 N–H and O–H groups in total. The molecule has 21 heavy (non-hydrogen) atoms. The Hall–Kier alpha value is -0.690. The summed E-state index contributed by atoms with van der Waals surface area (Å²) < 4.78 is 0.